The van der Waals surface area contributed by atoms with Gasteiger partial charge in [-0.1, -0.05) is 0 Å². The number of aromatic nitrogens is 3. The number of carbonyl (C=O) groups excluding carboxylic acids is 2. The lowest BCUT2D eigenvalue weighted by molar-refractivity contribution is 0.0942. The van der Waals surface area contributed by atoms with Gasteiger partial charge in [0.1, 0.15) is 17.3 Å². The number of hydrogen-bond donors (Lipinski definition) is 4. The molecule has 136 valence electrons. The number of anilines is 1. The van der Waals surface area contributed by atoms with Gasteiger partial charge in [-0.05, 0) is 42.0 Å². The molecule has 3 heterocycles. The van der Waals surface area contributed by atoms with Gasteiger partial charge in [0.25, 0.3) is 11.8 Å². The Kier molecular flexibility index (Phi) is 5.22. The maximum atomic E-state index is 12.2. The van der Waals surface area contributed by atoms with Crippen molar-refractivity contribution in [3.8, 4) is 11.5 Å². The highest BCUT2D eigenvalue weighted by atomic mass is 16.3. The maximum Gasteiger partial charge on any atom is 0.279 e. The minimum Gasteiger partial charge on any atom is -0.505 e. The van der Waals surface area contributed by atoms with Gasteiger partial charge in [-0.2, -0.15) is 0 Å². The maximum absolute atomic E-state index is 12.2. The summed E-state index contributed by atoms with van der Waals surface area (Å²) < 4.78 is 0. The molecule has 4 N–H and O–H groups in total. The molecule has 0 unspecified atom stereocenters. The Morgan fingerprint density at radius 2 is 1.48 bits per heavy atom. The van der Waals surface area contributed by atoms with Crippen LogP contribution in [0.3, 0.4) is 0 Å². The quantitative estimate of drug-likeness (QED) is 0.537. The largest absolute Gasteiger partial charge is 0.505 e. The number of carbonyl (C=O) groups is 2. The van der Waals surface area contributed by atoms with Gasteiger partial charge in [-0.15, -0.1) is 0 Å². The fraction of sp³-hybridized carbons (Fsp3) is 0.0556. The topological polar surface area (TPSA) is 137 Å². The monoisotopic (exact) mass is 365 g/mol. The van der Waals surface area contributed by atoms with Crippen LogP contribution in [0.5, 0.6) is 11.5 Å². The average Bonchev–Trinajstić information content (AvgIpc) is 2.67. The average molecular weight is 365 g/mol. The molecule has 9 nitrogen and oxygen atoms in total. The third-order valence-corrected chi connectivity index (χ3v) is 3.52. The van der Waals surface area contributed by atoms with Gasteiger partial charge in [0.05, 0.1) is 0 Å². The van der Waals surface area contributed by atoms with Crippen molar-refractivity contribution in [2.45, 2.75) is 6.54 Å². The number of hydrogen-bond acceptors (Lipinski definition) is 7. The molecule has 27 heavy (non-hydrogen) atoms. The second kappa shape index (κ2) is 7.91. The summed E-state index contributed by atoms with van der Waals surface area (Å²) >= 11 is 0. The van der Waals surface area contributed by atoms with Crippen LogP contribution < -0.4 is 10.6 Å². The van der Waals surface area contributed by atoms with Crippen molar-refractivity contribution in [2.24, 2.45) is 0 Å². The van der Waals surface area contributed by atoms with Gasteiger partial charge in [-0.25, -0.2) is 15.0 Å². The Hall–Kier alpha value is -4.01. The molecule has 0 bridgehead atoms. The Bertz CT molecular complexity index is 993. The second-order valence-corrected chi connectivity index (χ2v) is 5.43. The molecular weight excluding hydrogens is 350 g/mol. The SMILES string of the molecule is O=C(NCc1ccnc(NC(=O)c2ncccc2O)c1)c1ncccc1O. The lowest BCUT2D eigenvalue weighted by Gasteiger charge is -2.08. The van der Waals surface area contributed by atoms with Crippen LogP contribution in [0.2, 0.25) is 0 Å². The molecular formula is C18H15N5O4. The summed E-state index contributed by atoms with van der Waals surface area (Å²) in [4.78, 5) is 35.9. The van der Waals surface area contributed by atoms with Crippen molar-refractivity contribution in [3.63, 3.8) is 0 Å². The Labute approximate surface area is 153 Å². The number of nitrogens with one attached hydrogen (secondary N) is 2. The number of aromatic hydroxyl groups is 2. The van der Waals surface area contributed by atoms with Crippen LogP contribution in [-0.2, 0) is 6.54 Å². The fourth-order valence-corrected chi connectivity index (χ4v) is 2.24. The lowest BCUT2D eigenvalue weighted by atomic mass is 10.2. The van der Waals surface area contributed by atoms with Gasteiger partial charge in [0.2, 0.25) is 0 Å². The predicted molar refractivity (Wildman–Crippen MR) is 95.2 cm³/mol. The molecule has 0 spiro atoms. The van der Waals surface area contributed by atoms with Gasteiger partial charge in [-0.3, -0.25) is 9.59 Å². The van der Waals surface area contributed by atoms with Crippen molar-refractivity contribution in [1.29, 1.82) is 0 Å². The van der Waals surface area contributed by atoms with E-state index in [4.69, 9.17) is 0 Å². The molecule has 0 aliphatic heterocycles. The number of pyridine rings is 3. The Balaban J connectivity index is 1.65. The molecule has 2 amide bonds. The summed E-state index contributed by atoms with van der Waals surface area (Å²) in [5.41, 5.74) is 0.462. The van der Waals surface area contributed by atoms with E-state index in [1.807, 2.05) is 0 Å². The van der Waals surface area contributed by atoms with Crippen molar-refractivity contribution in [1.82, 2.24) is 20.3 Å². The first-order valence-corrected chi connectivity index (χ1v) is 7.87. The van der Waals surface area contributed by atoms with Crippen LogP contribution in [0.4, 0.5) is 5.82 Å². The molecule has 0 aliphatic carbocycles. The van der Waals surface area contributed by atoms with Gasteiger partial charge >= 0.3 is 0 Å². The summed E-state index contributed by atoms with van der Waals surface area (Å²) in [5, 5.41) is 24.5. The van der Waals surface area contributed by atoms with Crippen LogP contribution in [0, 0.1) is 0 Å². The highest BCUT2D eigenvalue weighted by molar-refractivity contribution is 6.04. The van der Waals surface area contributed by atoms with Crippen LogP contribution in [-0.4, -0.2) is 37.0 Å². The Morgan fingerprint density at radius 3 is 2.11 bits per heavy atom. The Morgan fingerprint density at radius 1 is 0.852 bits per heavy atom. The number of rotatable bonds is 5. The van der Waals surface area contributed by atoms with Crippen LogP contribution in [0.25, 0.3) is 0 Å². The molecule has 9 heteroatoms. The molecule has 3 rings (SSSR count). The van der Waals surface area contributed by atoms with Crippen molar-refractivity contribution >= 4 is 17.6 Å². The predicted octanol–water partition coefficient (Wildman–Crippen LogP) is 1.47. The molecule has 0 fully saturated rings. The van der Waals surface area contributed by atoms with Gasteiger partial charge in [0, 0.05) is 25.1 Å². The van der Waals surface area contributed by atoms with E-state index in [-0.39, 0.29) is 35.2 Å². The zero-order valence-corrected chi connectivity index (χ0v) is 14.0. The smallest absolute Gasteiger partial charge is 0.279 e. The summed E-state index contributed by atoms with van der Waals surface area (Å²) in [6.07, 6.45) is 4.26. The second-order valence-electron chi connectivity index (χ2n) is 5.43. The van der Waals surface area contributed by atoms with E-state index in [9.17, 15) is 19.8 Å². The van der Waals surface area contributed by atoms with Crippen LogP contribution in [0.15, 0.2) is 55.0 Å². The van der Waals surface area contributed by atoms with Crippen LogP contribution >= 0.6 is 0 Å². The molecule has 0 saturated carbocycles. The zero-order chi connectivity index (χ0) is 19.2. The molecule has 3 aromatic rings. The van der Waals surface area contributed by atoms with E-state index in [0.717, 1.165) is 0 Å². The molecule has 0 radical (unpaired) electrons. The summed E-state index contributed by atoms with van der Waals surface area (Å²) in [7, 11) is 0. The first kappa shape index (κ1) is 17.8. The summed E-state index contributed by atoms with van der Waals surface area (Å²) in [5.74, 6) is -1.37. The molecule has 0 aromatic carbocycles. The highest BCUT2D eigenvalue weighted by Gasteiger charge is 2.14. The first-order valence-electron chi connectivity index (χ1n) is 7.87. The van der Waals surface area contributed by atoms with Gasteiger partial charge in [0.15, 0.2) is 11.4 Å². The van der Waals surface area contributed by atoms with E-state index in [0.29, 0.717) is 5.56 Å². The van der Waals surface area contributed by atoms with E-state index in [1.54, 1.807) is 12.1 Å². The van der Waals surface area contributed by atoms with E-state index in [1.165, 1.54) is 42.9 Å². The first-order chi connectivity index (χ1) is 13.0. The van der Waals surface area contributed by atoms with E-state index >= 15 is 0 Å². The van der Waals surface area contributed by atoms with Gasteiger partial charge < -0.3 is 20.8 Å². The van der Waals surface area contributed by atoms with E-state index in [2.05, 4.69) is 25.6 Å². The molecule has 3 aromatic heterocycles. The van der Waals surface area contributed by atoms with Crippen LogP contribution in [0.1, 0.15) is 26.5 Å². The number of nitrogens with zero attached hydrogens (tertiary/aromatic N) is 3. The van der Waals surface area contributed by atoms with Crippen molar-refractivity contribution in [3.05, 3.63) is 71.9 Å². The number of amides is 2. The summed E-state index contributed by atoms with van der Waals surface area (Å²) in [6.45, 7) is 0.134. The van der Waals surface area contributed by atoms with Crippen molar-refractivity contribution < 1.29 is 19.8 Å². The third kappa shape index (κ3) is 4.34. The fourth-order valence-electron chi connectivity index (χ4n) is 2.24. The minimum atomic E-state index is -0.611. The van der Waals surface area contributed by atoms with E-state index < -0.39 is 11.8 Å². The molecule has 0 aliphatic rings. The third-order valence-electron chi connectivity index (χ3n) is 3.52. The highest BCUT2D eigenvalue weighted by Crippen LogP contribution is 2.16. The summed E-state index contributed by atoms with van der Waals surface area (Å²) in [6, 6.07) is 8.97. The lowest BCUT2D eigenvalue weighted by Crippen LogP contribution is -2.24. The van der Waals surface area contributed by atoms with Crippen molar-refractivity contribution in [2.75, 3.05) is 5.32 Å². The zero-order valence-electron chi connectivity index (χ0n) is 14.0. The standard InChI is InChI=1S/C18H15N5O4/c24-12-3-1-6-20-15(12)17(26)22-10-11-5-8-19-14(9-11)23-18(27)16-13(25)4-2-7-21-16/h1-9,24-25H,10H2,(H,22,26)(H,19,23,27). The molecule has 0 atom stereocenters. The normalized spacial score (nSPS) is 10.2. The molecule has 0 saturated heterocycles. The minimum absolute atomic E-state index is 0.0780.